The molecular formula is C35H30F3N3O7S. The number of carbonyl (C=O) groups is 1. The fourth-order valence-corrected chi connectivity index (χ4v) is 6.57. The molecule has 0 aliphatic rings. The number of ether oxygens (including phenoxy) is 1. The van der Waals surface area contributed by atoms with Crippen molar-refractivity contribution in [2.45, 2.75) is 12.5 Å². The normalized spacial score (nSPS) is 12.4. The average Bonchev–Trinajstić information content (AvgIpc) is 3.68. The van der Waals surface area contributed by atoms with E-state index in [1.54, 1.807) is 30.3 Å². The molecular weight excluding hydrogens is 663 g/mol. The third-order valence-electron chi connectivity index (χ3n) is 7.97. The molecule has 1 atom stereocenters. The number of anilines is 1. The average molecular weight is 694 g/mol. The van der Waals surface area contributed by atoms with Gasteiger partial charge in [0, 0.05) is 36.0 Å². The first kappa shape index (κ1) is 33.6. The second kappa shape index (κ2) is 13.3. The second-order valence-corrected chi connectivity index (χ2v) is 13.1. The molecule has 1 unspecified atom stereocenters. The van der Waals surface area contributed by atoms with E-state index in [4.69, 9.17) is 13.6 Å². The monoisotopic (exact) mass is 693 g/mol. The Morgan fingerprint density at radius 2 is 1.73 bits per heavy atom. The first-order chi connectivity index (χ1) is 23.4. The van der Waals surface area contributed by atoms with Crippen LogP contribution in [0.15, 0.2) is 81.6 Å². The molecule has 0 aliphatic heterocycles. The van der Waals surface area contributed by atoms with Gasteiger partial charge >= 0.3 is 0 Å². The van der Waals surface area contributed by atoms with Crippen molar-refractivity contribution < 1.29 is 45.1 Å². The molecule has 2 aromatic heterocycles. The highest BCUT2D eigenvalue weighted by atomic mass is 32.2. The van der Waals surface area contributed by atoms with E-state index < -0.39 is 46.9 Å². The summed E-state index contributed by atoms with van der Waals surface area (Å²) in [6, 6.07) is 17.4. The molecule has 0 fully saturated rings. The lowest BCUT2D eigenvalue weighted by Gasteiger charge is -2.27. The number of sulfonamides is 1. The highest BCUT2D eigenvalue weighted by molar-refractivity contribution is 7.92. The lowest BCUT2D eigenvalue weighted by molar-refractivity contribution is 0.0964. The molecule has 0 radical (unpaired) electrons. The number of oxazole rings is 1. The van der Waals surface area contributed by atoms with Crippen LogP contribution < -0.4 is 14.4 Å². The molecule has 10 nitrogen and oxygen atoms in total. The summed E-state index contributed by atoms with van der Waals surface area (Å²) >= 11 is 0. The summed E-state index contributed by atoms with van der Waals surface area (Å²) in [4.78, 5) is 17.7. The van der Waals surface area contributed by atoms with E-state index >= 15 is 0 Å². The van der Waals surface area contributed by atoms with E-state index in [-0.39, 0.29) is 57.0 Å². The van der Waals surface area contributed by atoms with Gasteiger partial charge in [-0.05, 0) is 60.2 Å². The SMILES string of the molecule is CNC(=O)c1c(-c2ccc(F)cc2)oc2cc(N(CC(O)CCF)S(C)(=O)=O)c(-c3ccc(OC)c(-c4nc5c(F)cccc5o4)c3)cc12. The maximum Gasteiger partial charge on any atom is 0.255 e. The zero-order valence-corrected chi connectivity index (χ0v) is 27.3. The standard InChI is InChI=1S/C35H30F3N3O7S/c1-39-34(43)31-24-16-23(20-9-12-28(46-2)25(15-20)35-40-32-26(38)5-4-6-29(32)48-35)27(41(49(3,44)45)18-22(42)13-14-36)17-30(24)47-33(31)19-7-10-21(37)11-8-19/h4-12,15-17,22,42H,13-14,18H2,1-3H3,(H,39,43). The summed E-state index contributed by atoms with van der Waals surface area (Å²) in [6.07, 6.45) is -0.740. The van der Waals surface area contributed by atoms with Crippen molar-refractivity contribution in [3.8, 4) is 39.7 Å². The Morgan fingerprint density at radius 1 is 1.00 bits per heavy atom. The highest BCUT2D eigenvalue weighted by Crippen LogP contribution is 2.44. The summed E-state index contributed by atoms with van der Waals surface area (Å²) in [7, 11) is -1.26. The number of alkyl halides is 1. The predicted octanol–water partition coefficient (Wildman–Crippen LogP) is 6.71. The number of nitrogens with one attached hydrogen (secondary N) is 1. The zero-order valence-electron chi connectivity index (χ0n) is 26.5. The number of hydrogen-bond donors (Lipinski definition) is 2. The van der Waals surface area contributed by atoms with Crippen LogP contribution in [-0.4, -0.2) is 64.2 Å². The molecule has 0 saturated heterocycles. The Morgan fingerprint density at radius 3 is 2.39 bits per heavy atom. The number of aliphatic hydroxyl groups excluding tert-OH is 1. The van der Waals surface area contributed by atoms with Gasteiger partial charge in [0.2, 0.25) is 15.9 Å². The Kier molecular flexibility index (Phi) is 9.10. The minimum absolute atomic E-state index is 0.000827. The van der Waals surface area contributed by atoms with E-state index in [0.29, 0.717) is 22.4 Å². The molecule has 6 rings (SSSR count). The Balaban J connectivity index is 1.66. The van der Waals surface area contributed by atoms with Crippen LogP contribution in [0.5, 0.6) is 5.75 Å². The van der Waals surface area contributed by atoms with Crippen molar-refractivity contribution >= 4 is 43.7 Å². The third kappa shape index (κ3) is 6.44. The van der Waals surface area contributed by atoms with Crippen molar-refractivity contribution in [1.82, 2.24) is 10.3 Å². The first-order valence-electron chi connectivity index (χ1n) is 15.0. The third-order valence-corrected chi connectivity index (χ3v) is 9.11. The zero-order chi connectivity index (χ0) is 35.0. The molecule has 49 heavy (non-hydrogen) atoms. The molecule has 14 heteroatoms. The number of para-hydroxylation sites is 1. The van der Waals surface area contributed by atoms with Crippen LogP contribution in [0.2, 0.25) is 0 Å². The number of methoxy groups -OCH3 is 1. The van der Waals surface area contributed by atoms with Gasteiger partial charge in [0.25, 0.3) is 5.91 Å². The van der Waals surface area contributed by atoms with Gasteiger partial charge in [-0.2, -0.15) is 0 Å². The van der Waals surface area contributed by atoms with E-state index in [1.807, 2.05) is 0 Å². The number of rotatable bonds is 11. The maximum atomic E-state index is 14.6. The van der Waals surface area contributed by atoms with Gasteiger partial charge in [-0.1, -0.05) is 12.1 Å². The minimum Gasteiger partial charge on any atom is -0.496 e. The molecule has 0 saturated carbocycles. The van der Waals surface area contributed by atoms with Crippen molar-refractivity contribution in [2.75, 3.05) is 37.9 Å². The van der Waals surface area contributed by atoms with Gasteiger partial charge in [0.15, 0.2) is 11.4 Å². The van der Waals surface area contributed by atoms with Gasteiger partial charge in [0.1, 0.15) is 28.4 Å². The molecule has 254 valence electrons. The van der Waals surface area contributed by atoms with Gasteiger partial charge in [-0.25, -0.2) is 22.2 Å². The quantitative estimate of drug-likeness (QED) is 0.153. The van der Waals surface area contributed by atoms with Gasteiger partial charge in [0.05, 0.1) is 49.5 Å². The predicted molar refractivity (Wildman–Crippen MR) is 179 cm³/mol. The number of furan rings is 1. The van der Waals surface area contributed by atoms with E-state index in [0.717, 1.165) is 10.6 Å². The molecule has 0 spiro atoms. The lowest BCUT2D eigenvalue weighted by atomic mass is 9.96. The number of benzene rings is 4. The van der Waals surface area contributed by atoms with Crippen molar-refractivity contribution in [3.63, 3.8) is 0 Å². The Hall–Kier alpha value is -5.34. The smallest absolute Gasteiger partial charge is 0.255 e. The molecule has 4 aromatic carbocycles. The van der Waals surface area contributed by atoms with Crippen LogP contribution >= 0.6 is 0 Å². The van der Waals surface area contributed by atoms with Crippen molar-refractivity contribution in [3.05, 3.63) is 90.0 Å². The van der Waals surface area contributed by atoms with Crippen molar-refractivity contribution in [1.29, 1.82) is 0 Å². The fraction of sp³-hybridized carbons (Fsp3) is 0.200. The summed E-state index contributed by atoms with van der Waals surface area (Å²) < 4.78 is 86.7. The summed E-state index contributed by atoms with van der Waals surface area (Å²) in [6.45, 7) is -1.38. The number of hydrogen-bond acceptors (Lipinski definition) is 8. The van der Waals surface area contributed by atoms with Gasteiger partial charge in [-0.15, -0.1) is 0 Å². The summed E-state index contributed by atoms with van der Waals surface area (Å²) in [5, 5.41) is 13.5. The van der Waals surface area contributed by atoms with Crippen molar-refractivity contribution in [2.24, 2.45) is 0 Å². The first-order valence-corrected chi connectivity index (χ1v) is 16.8. The van der Waals surface area contributed by atoms with E-state index in [2.05, 4.69) is 10.3 Å². The number of aliphatic hydroxyl groups is 1. The Labute approximate surface area is 278 Å². The molecule has 2 heterocycles. The van der Waals surface area contributed by atoms with E-state index in [1.165, 1.54) is 56.6 Å². The fourth-order valence-electron chi connectivity index (χ4n) is 5.62. The van der Waals surface area contributed by atoms with Crippen LogP contribution in [0.3, 0.4) is 0 Å². The maximum absolute atomic E-state index is 14.6. The van der Waals surface area contributed by atoms with Crippen LogP contribution in [0.1, 0.15) is 16.8 Å². The van der Waals surface area contributed by atoms with Crippen LogP contribution in [0, 0.1) is 11.6 Å². The number of amides is 1. The van der Waals surface area contributed by atoms with E-state index in [9.17, 15) is 31.5 Å². The van der Waals surface area contributed by atoms with Gasteiger partial charge in [-0.3, -0.25) is 13.5 Å². The molecule has 1 amide bonds. The lowest BCUT2D eigenvalue weighted by Crippen LogP contribution is -2.37. The minimum atomic E-state index is -4.12. The number of aromatic nitrogens is 1. The number of fused-ring (bicyclic) bond motifs is 2. The summed E-state index contributed by atoms with van der Waals surface area (Å²) in [5.41, 5.74) is 1.76. The summed E-state index contributed by atoms with van der Waals surface area (Å²) in [5.74, 6) is -1.19. The molecule has 0 aliphatic carbocycles. The molecule has 0 bridgehead atoms. The second-order valence-electron chi connectivity index (χ2n) is 11.2. The number of nitrogens with zero attached hydrogens (tertiary/aromatic N) is 2. The number of carbonyl (C=O) groups excluding carboxylic acids is 1. The molecule has 6 aromatic rings. The van der Waals surface area contributed by atoms with Crippen LogP contribution in [0.4, 0.5) is 18.9 Å². The Bertz CT molecular complexity index is 2300. The van der Waals surface area contributed by atoms with Crippen LogP contribution in [0.25, 0.3) is 56.0 Å². The molecule has 2 N–H and O–H groups in total. The largest absolute Gasteiger partial charge is 0.496 e. The number of halogens is 3. The highest BCUT2D eigenvalue weighted by Gasteiger charge is 2.29. The van der Waals surface area contributed by atoms with Crippen LogP contribution in [-0.2, 0) is 10.0 Å². The topological polar surface area (TPSA) is 135 Å². The van der Waals surface area contributed by atoms with Gasteiger partial charge < -0.3 is 24.0 Å².